The fourth-order valence-corrected chi connectivity index (χ4v) is 2.42. The summed E-state index contributed by atoms with van der Waals surface area (Å²) in [6.07, 6.45) is 3.28. The zero-order valence-corrected chi connectivity index (χ0v) is 14.0. The van der Waals surface area contributed by atoms with E-state index in [0.717, 1.165) is 43.0 Å². The first kappa shape index (κ1) is 16.3. The molecule has 2 rings (SSSR count). The summed E-state index contributed by atoms with van der Waals surface area (Å²) >= 11 is 0. The lowest BCUT2D eigenvalue weighted by atomic mass is 10.1. The Labute approximate surface area is 133 Å². The van der Waals surface area contributed by atoms with E-state index in [1.807, 2.05) is 13.0 Å². The van der Waals surface area contributed by atoms with E-state index in [1.54, 1.807) is 0 Å². The summed E-state index contributed by atoms with van der Waals surface area (Å²) in [5.74, 6) is 1.54. The van der Waals surface area contributed by atoms with Crippen molar-refractivity contribution in [2.24, 2.45) is 0 Å². The van der Waals surface area contributed by atoms with Crippen LogP contribution in [0.2, 0.25) is 0 Å². The van der Waals surface area contributed by atoms with Crippen LogP contribution in [0.4, 0.5) is 17.5 Å². The van der Waals surface area contributed by atoms with Gasteiger partial charge in [-0.25, -0.2) is 4.98 Å². The van der Waals surface area contributed by atoms with Gasteiger partial charge in [0, 0.05) is 24.0 Å². The minimum atomic E-state index is 0.697. The molecule has 0 spiro atoms. The highest BCUT2D eigenvalue weighted by molar-refractivity contribution is 5.65. The topological polar surface area (TPSA) is 49.8 Å². The van der Waals surface area contributed by atoms with Crippen LogP contribution < -0.4 is 10.6 Å². The number of rotatable bonds is 7. The zero-order chi connectivity index (χ0) is 15.9. The Kier molecular flexibility index (Phi) is 5.75. The van der Waals surface area contributed by atoms with Gasteiger partial charge in [-0.2, -0.15) is 4.98 Å². The molecule has 0 aliphatic carbocycles. The fourth-order valence-electron chi connectivity index (χ4n) is 2.42. The molecule has 118 valence electrons. The third kappa shape index (κ3) is 4.20. The van der Waals surface area contributed by atoms with Gasteiger partial charge >= 0.3 is 0 Å². The Morgan fingerprint density at radius 1 is 1.09 bits per heavy atom. The largest absolute Gasteiger partial charge is 0.354 e. The Hall–Kier alpha value is -2.10. The van der Waals surface area contributed by atoms with Crippen LogP contribution >= 0.6 is 0 Å². The van der Waals surface area contributed by atoms with Gasteiger partial charge in [-0.15, -0.1) is 0 Å². The van der Waals surface area contributed by atoms with Crippen LogP contribution in [0.15, 0.2) is 24.3 Å². The van der Waals surface area contributed by atoms with E-state index in [4.69, 9.17) is 0 Å². The molecule has 22 heavy (non-hydrogen) atoms. The zero-order valence-electron chi connectivity index (χ0n) is 14.0. The second-order valence-electron chi connectivity index (χ2n) is 5.59. The summed E-state index contributed by atoms with van der Waals surface area (Å²) in [7, 11) is 0. The number of anilines is 3. The van der Waals surface area contributed by atoms with Crippen molar-refractivity contribution in [2.45, 2.75) is 47.0 Å². The van der Waals surface area contributed by atoms with Crippen molar-refractivity contribution in [1.82, 2.24) is 9.97 Å². The number of benzene rings is 1. The number of aryl methyl sites for hydroxylation is 3. The minimum Gasteiger partial charge on any atom is -0.354 e. The Morgan fingerprint density at radius 2 is 1.91 bits per heavy atom. The number of hydrogen-bond donors (Lipinski definition) is 2. The quantitative estimate of drug-likeness (QED) is 0.733. The maximum absolute atomic E-state index is 4.58. The van der Waals surface area contributed by atoms with Gasteiger partial charge in [0.1, 0.15) is 5.82 Å². The maximum atomic E-state index is 4.58. The lowest BCUT2D eigenvalue weighted by Crippen LogP contribution is -2.08. The molecule has 0 fully saturated rings. The number of nitrogens with one attached hydrogen (secondary N) is 2. The van der Waals surface area contributed by atoms with Gasteiger partial charge in [0.05, 0.1) is 0 Å². The normalized spacial score (nSPS) is 10.5. The van der Waals surface area contributed by atoms with E-state index in [0.29, 0.717) is 5.95 Å². The summed E-state index contributed by atoms with van der Waals surface area (Å²) in [6, 6.07) is 8.36. The highest BCUT2D eigenvalue weighted by atomic mass is 15.1. The molecule has 1 aromatic carbocycles. The first-order chi connectivity index (χ1) is 10.6. The first-order valence-corrected chi connectivity index (χ1v) is 8.09. The van der Waals surface area contributed by atoms with Crippen LogP contribution in [0.25, 0.3) is 0 Å². The van der Waals surface area contributed by atoms with Gasteiger partial charge in [-0.3, -0.25) is 0 Å². The van der Waals surface area contributed by atoms with E-state index >= 15 is 0 Å². The van der Waals surface area contributed by atoms with E-state index in [9.17, 15) is 0 Å². The lowest BCUT2D eigenvalue weighted by Gasteiger charge is -2.14. The van der Waals surface area contributed by atoms with Gasteiger partial charge in [0.15, 0.2) is 0 Å². The molecule has 4 nitrogen and oxygen atoms in total. The molecule has 0 saturated carbocycles. The summed E-state index contributed by atoms with van der Waals surface area (Å²) in [4.78, 5) is 9.03. The predicted octanol–water partition coefficient (Wildman–Crippen LogP) is 4.61. The van der Waals surface area contributed by atoms with Crippen molar-refractivity contribution in [1.29, 1.82) is 0 Å². The molecule has 4 heteroatoms. The molecule has 0 radical (unpaired) electrons. The summed E-state index contributed by atoms with van der Waals surface area (Å²) in [5, 5.41) is 6.77. The van der Waals surface area contributed by atoms with E-state index < -0.39 is 0 Å². The Morgan fingerprint density at radius 3 is 2.64 bits per heavy atom. The molecule has 0 atom stereocenters. The number of para-hydroxylation sites is 1. The fraction of sp³-hybridized carbons (Fsp3) is 0.444. The average Bonchev–Trinajstić information content (AvgIpc) is 2.49. The third-order valence-corrected chi connectivity index (χ3v) is 3.66. The van der Waals surface area contributed by atoms with E-state index in [1.165, 1.54) is 11.1 Å². The molecule has 0 bridgehead atoms. The summed E-state index contributed by atoms with van der Waals surface area (Å²) < 4.78 is 0. The number of aromatic nitrogens is 2. The van der Waals surface area contributed by atoms with Crippen LogP contribution in [-0.4, -0.2) is 16.5 Å². The molecule has 1 aromatic heterocycles. The molecule has 0 amide bonds. The lowest BCUT2D eigenvalue weighted by molar-refractivity contribution is 0.825. The average molecular weight is 298 g/mol. The molecule has 2 aromatic rings. The molecule has 2 N–H and O–H groups in total. The van der Waals surface area contributed by atoms with E-state index in [-0.39, 0.29) is 0 Å². The highest BCUT2D eigenvalue weighted by Crippen LogP contribution is 2.25. The van der Waals surface area contributed by atoms with Crippen LogP contribution in [0, 0.1) is 13.8 Å². The number of hydrogen-bond acceptors (Lipinski definition) is 4. The van der Waals surface area contributed by atoms with Gasteiger partial charge < -0.3 is 10.6 Å². The van der Waals surface area contributed by atoms with Crippen LogP contribution in [-0.2, 0) is 6.42 Å². The number of unbranched alkanes of at least 4 members (excludes halogenated alkanes) is 1. The first-order valence-electron chi connectivity index (χ1n) is 8.09. The van der Waals surface area contributed by atoms with Crippen LogP contribution in [0.5, 0.6) is 0 Å². The van der Waals surface area contributed by atoms with Crippen molar-refractivity contribution in [3.05, 3.63) is 41.1 Å². The van der Waals surface area contributed by atoms with Crippen molar-refractivity contribution in [3.63, 3.8) is 0 Å². The van der Waals surface area contributed by atoms with Crippen molar-refractivity contribution in [3.8, 4) is 0 Å². The molecular formula is C18H26N4. The third-order valence-electron chi connectivity index (χ3n) is 3.66. The molecule has 1 heterocycles. The summed E-state index contributed by atoms with van der Waals surface area (Å²) in [6.45, 7) is 9.37. The van der Waals surface area contributed by atoms with E-state index in [2.05, 4.69) is 59.6 Å². The molecule has 0 unspecified atom stereocenters. The van der Waals surface area contributed by atoms with Crippen LogP contribution in [0.1, 0.15) is 43.5 Å². The minimum absolute atomic E-state index is 0.697. The Balaban J connectivity index is 2.22. The second kappa shape index (κ2) is 7.78. The van der Waals surface area contributed by atoms with Gasteiger partial charge in [-0.1, -0.05) is 38.5 Å². The standard InChI is InChI=1S/C18H26N4/c1-5-7-11-19-18-20-14(4)12-16(22-18)21-17-13(3)9-8-10-15(17)6-2/h8-10,12H,5-7,11H2,1-4H3,(H2,19,20,21,22). The van der Waals surface area contributed by atoms with Gasteiger partial charge in [0.25, 0.3) is 0 Å². The van der Waals surface area contributed by atoms with Crippen LogP contribution in [0.3, 0.4) is 0 Å². The second-order valence-corrected chi connectivity index (χ2v) is 5.59. The number of nitrogens with zero attached hydrogens (tertiary/aromatic N) is 2. The maximum Gasteiger partial charge on any atom is 0.224 e. The molecule has 0 saturated heterocycles. The van der Waals surface area contributed by atoms with Crippen molar-refractivity contribution < 1.29 is 0 Å². The SMILES string of the molecule is CCCCNc1nc(C)cc(Nc2c(C)cccc2CC)n1. The van der Waals surface area contributed by atoms with Gasteiger partial charge in [0.2, 0.25) is 5.95 Å². The molecular weight excluding hydrogens is 272 g/mol. The predicted molar refractivity (Wildman–Crippen MR) is 94.0 cm³/mol. The van der Waals surface area contributed by atoms with Crippen molar-refractivity contribution >= 4 is 17.5 Å². The molecule has 0 aliphatic heterocycles. The Bertz CT molecular complexity index is 622. The molecule has 0 aliphatic rings. The van der Waals surface area contributed by atoms with Crippen molar-refractivity contribution in [2.75, 3.05) is 17.2 Å². The highest BCUT2D eigenvalue weighted by Gasteiger charge is 2.07. The van der Waals surface area contributed by atoms with Gasteiger partial charge in [-0.05, 0) is 37.8 Å². The monoisotopic (exact) mass is 298 g/mol. The summed E-state index contributed by atoms with van der Waals surface area (Å²) in [5.41, 5.74) is 4.65. The smallest absolute Gasteiger partial charge is 0.224 e.